The van der Waals surface area contributed by atoms with E-state index in [2.05, 4.69) is 11.5 Å². The van der Waals surface area contributed by atoms with Crippen LogP contribution in [-0.4, -0.2) is 33.7 Å². The van der Waals surface area contributed by atoms with Crippen LogP contribution in [-0.2, 0) is 16.1 Å². The topological polar surface area (TPSA) is 66.0 Å². The van der Waals surface area contributed by atoms with Crippen LogP contribution >= 0.6 is 0 Å². The van der Waals surface area contributed by atoms with Crippen LogP contribution in [0.15, 0.2) is 66.7 Å². The van der Waals surface area contributed by atoms with E-state index in [9.17, 15) is 4.79 Å². The fourth-order valence-corrected chi connectivity index (χ4v) is 3.81. The number of fused-ring (bicyclic) bond motifs is 3. The van der Waals surface area contributed by atoms with Crippen LogP contribution in [0.4, 0.5) is 5.69 Å². The van der Waals surface area contributed by atoms with E-state index in [1.54, 1.807) is 21.3 Å². The minimum Gasteiger partial charge on any atom is -0.497 e. The molecule has 0 amide bonds. The summed E-state index contributed by atoms with van der Waals surface area (Å²) >= 11 is 0. The molecule has 1 atom stereocenters. The Morgan fingerprint density at radius 1 is 0.812 bits per heavy atom. The molecule has 0 aliphatic heterocycles. The predicted octanol–water partition coefficient (Wildman–Crippen LogP) is 5.17. The van der Waals surface area contributed by atoms with Gasteiger partial charge in [-0.3, -0.25) is 10.3 Å². The van der Waals surface area contributed by atoms with Gasteiger partial charge in [-0.1, -0.05) is 30.3 Å². The van der Waals surface area contributed by atoms with E-state index in [1.165, 1.54) is 0 Å². The van der Waals surface area contributed by atoms with Crippen molar-refractivity contribution >= 4 is 33.5 Å². The first-order valence-corrected chi connectivity index (χ1v) is 10.2. The van der Waals surface area contributed by atoms with Crippen molar-refractivity contribution in [3.05, 3.63) is 72.3 Å². The van der Waals surface area contributed by atoms with Gasteiger partial charge in [-0.15, -0.1) is 0 Å². The number of methoxy groups -OCH3 is 3. The summed E-state index contributed by atoms with van der Waals surface area (Å²) in [5.74, 6) is 2.02. The first kappa shape index (κ1) is 21.5. The Morgan fingerprint density at radius 3 is 2.19 bits per heavy atom. The SMILES string of the molecule is COc1ccc2cc(C[C@H](C=O)ONc3ccccc3)c3cc(OC)c(OC)cc3c2c1. The van der Waals surface area contributed by atoms with Crippen molar-refractivity contribution in [1.82, 2.24) is 0 Å². The molecule has 0 unspecified atom stereocenters. The average molecular weight is 431 g/mol. The van der Waals surface area contributed by atoms with Crippen LogP contribution in [0.3, 0.4) is 0 Å². The van der Waals surface area contributed by atoms with E-state index < -0.39 is 6.10 Å². The second-order valence-electron chi connectivity index (χ2n) is 7.34. The molecule has 4 rings (SSSR count). The summed E-state index contributed by atoms with van der Waals surface area (Å²) in [7, 11) is 4.86. The fraction of sp³-hybridized carbons (Fsp3) is 0.192. The molecular formula is C26H25NO5. The number of carbonyl (C=O) groups is 1. The lowest BCUT2D eigenvalue weighted by Gasteiger charge is -2.18. The zero-order valence-corrected chi connectivity index (χ0v) is 18.3. The highest BCUT2D eigenvalue weighted by molar-refractivity contribution is 6.10. The van der Waals surface area contributed by atoms with Crippen molar-refractivity contribution < 1.29 is 23.8 Å². The molecule has 0 aliphatic carbocycles. The van der Waals surface area contributed by atoms with Gasteiger partial charge in [0.25, 0.3) is 0 Å². The third kappa shape index (κ3) is 4.31. The lowest BCUT2D eigenvalue weighted by molar-refractivity contribution is -0.116. The van der Waals surface area contributed by atoms with E-state index in [-0.39, 0.29) is 0 Å². The number of anilines is 1. The molecular weight excluding hydrogens is 406 g/mol. The van der Waals surface area contributed by atoms with E-state index in [1.807, 2.05) is 60.7 Å². The Labute approximate surface area is 186 Å². The zero-order valence-electron chi connectivity index (χ0n) is 18.3. The molecule has 164 valence electrons. The van der Waals surface area contributed by atoms with Gasteiger partial charge in [0.1, 0.15) is 11.9 Å². The lowest BCUT2D eigenvalue weighted by Crippen LogP contribution is -2.21. The number of nitrogens with one attached hydrogen (secondary N) is 1. The molecule has 1 N–H and O–H groups in total. The maximum Gasteiger partial charge on any atom is 0.161 e. The number of aldehydes is 1. The van der Waals surface area contributed by atoms with E-state index in [4.69, 9.17) is 19.0 Å². The van der Waals surface area contributed by atoms with Crippen molar-refractivity contribution in [2.75, 3.05) is 26.8 Å². The Kier molecular flexibility index (Phi) is 6.42. The molecule has 0 saturated carbocycles. The number of para-hydroxylation sites is 1. The minimum absolute atomic E-state index is 0.386. The average Bonchev–Trinajstić information content (AvgIpc) is 2.85. The molecule has 0 fully saturated rings. The van der Waals surface area contributed by atoms with Gasteiger partial charge in [-0.05, 0) is 63.5 Å². The molecule has 6 nitrogen and oxygen atoms in total. The maximum absolute atomic E-state index is 11.8. The number of hydrogen-bond acceptors (Lipinski definition) is 6. The van der Waals surface area contributed by atoms with Gasteiger partial charge in [-0.25, -0.2) is 0 Å². The zero-order chi connectivity index (χ0) is 22.5. The molecule has 0 aliphatic rings. The molecule has 0 radical (unpaired) electrons. The largest absolute Gasteiger partial charge is 0.497 e. The van der Waals surface area contributed by atoms with Gasteiger partial charge < -0.3 is 19.0 Å². The Hall–Kier alpha value is -3.77. The maximum atomic E-state index is 11.8. The van der Waals surface area contributed by atoms with E-state index in [0.29, 0.717) is 17.9 Å². The van der Waals surface area contributed by atoms with E-state index in [0.717, 1.165) is 44.8 Å². The molecule has 6 heteroatoms. The summed E-state index contributed by atoms with van der Waals surface area (Å²) in [4.78, 5) is 17.5. The number of hydrogen-bond donors (Lipinski definition) is 1. The molecule has 0 saturated heterocycles. The normalized spacial score (nSPS) is 11.8. The number of rotatable bonds is 9. The molecule has 4 aromatic carbocycles. The molecule has 0 bridgehead atoms. The van der Waals surface area contributed by atoms with Crippen LogP contribution in [0.5, 0.6) is 17.2 Å². The van der Waals surface area contributed by atoms with Gasteiger partial charge >= 0.3 is 0 Å². The molecule has 32 heavy (non-hydrogen) atoms. The van der Waals surface area contributed by atoms with Gasteiger partial charge in [0.05, 0.1) is 27.0 Å². The van der Waals surface area contributed by atoms with Crippen LogP contribution in [0.2, 0.25) is 0 Å². The van der Waals surface area contributed by atoms with Gasteiger partial charge in [0, 0.05) is 6.42 Å². The highest BCUT2D eigenvalue weighted by atomic mass is 16.7. The summed E-state index contributed by atoms with van der Waals surface area (Å²) in [5, 5.41) is 3.99. The van der Waals surface area contributed by atoms with Crippen molar-refractivity contribution in [3.8, 4) is 17.2 Å². The van der Waals surface area contributed by atoms with Crippen molar-refractivity contribution in [3.63, 3.8) is 0 Å². The van der Waals surface area contributed by atoms with E-state index >= 15 is 0 Å². The van der Waals surface area contributed by atoms with Crippen molar-refractivity contribution in [2.24, 2.45) is 0 Å². The summed E-state index contributed by atoms with van der Waals surface area (Å²) in [5.41, 5.74) is 4.61. The van der Waals surface area contributed by atoms with Gasteiger partial charge in [0.15, 0.2) is 17.8 Å². The minimum atomic E-state index is -0.679. The fourth-order valence-electron chi connectivity index (χ4n) is 3.81. The molecule has 4 aromatic rings. The smallest absolute Gasteiger partial charge is 0.161 e. The van der Waals surface area contributed by atoms with Crippen molar-refractivity contribution in [2.45, 2.75) is 12.5 Å². The van der Waals surface area contributed by atoms with Crippen LogP contribution in [0.25, 0.3) is 21.5 Å². The summed E-state index contributed by atoms with van der Waals surface area (Å²) in [6.07, 6.45) is 0.514. The van der Waals surface area contributed by atoms with Crippen LogP contribution in [0, 0.1) is 0 Å². The standard InChI is InChI=1S/C26H25NO5/c1-29-20-10-9-17-11-18(12-21(16-28)32-27-19-7-5-4-6-8-19)23-14-25(30-2)26(31-3)15-24(23)22(17)13-20/h4-11,13-16,21,27H,12H2,1-3H3/t21-/m1/s1. The van der Waals surface area contributed by atoms with Crippen molar-refractivity contribution in [1.29, 1.82) is 0 Å². The number of benzene rings is 4. The summed E-state index contributed by atoms with van der Waals surface area (Å²) in [6.45, 7) is 0. The molecule has 0 heterocycles. The predicted molar refractivity (Wildman–Crippen MR) is 126 cm³/mol. The molecule has 0 aromatic heterocycles. The first-order valence-electron chi connectivity index (χ1n) is 10.2. The second kappa shape index (κ2) is 9.58. The Morgan fingerprint density at radius 2 is 1.53 bits per heavy atom. The molecule has 0 spiro atoms. The highest BCUT2D eigenvalue weighted by Crippen LogP contribution is 2.39. The number of ether oxygens (including phenoxy) is 3. The first-order chi connectivity index (χ1) is 15.7. The summed E-state index contributed by atoms with van der Waals surface area (Å²) < 4.78 is 16.5. The summed E-state index contributed by atoms with van der Waals surface area (Å²) in [6, 6.07) is 21.3. The van der Waals surface area contributed by atoms with Crippen LogP contribution < -0.4 is 19.7 Å². The quantitative estimate of drug-likeness (QED) is 0.224. The highest BCUT2D eigenvalue weighted by Gasteiger charge is 2.17. The Bertz CT molecular complexity index is 1240. The Balaban J connectivity index is 1.78. The van der Waals surface area contributed by atoms with Gasteiger partial charge in [-0.2, -0.15) is 0 Å². The lowest BCUT2D eigenvalue weighted by atomic mass is 9.94. The van der Waals surface area contributed by atoms with Crippen LogP contribution in [0.1, 0.15) is 5.56 Å². The monoisotopic (exact) mass is 431 g/mol. The third-order valence-electron chi connectivity index (χ3n) is 5.42. The van der Waals surface area contributed by atoms with Gasteiger partial charge in [0.2, 0.25) is 0 Å². The second-order valence-corrected chi connectivity index (χ2v) is 7.34. The number of carbonyl (C=O) groups excluding carboxylic acids is 1. The third-order valence-corrected chi connectivity index (χ3v) is 5.42.